The minimum atomic E-state index is -0.263. The Balaban J connectivity index is 1.68. The lowest BCUT2D eigenvalue weighted by Gasteiger charge is -2.13. The van der Waals surface area contributed by atoms with Gasteiger partial charge in [-0.1, -0.05) is 23.4 Å². The third-order valence-corrected chi connectivity index (χ3v) is 5.18. The SMILES string of the molecule is COc1cc(NC(=O)CSc2nc3c(c(=O)[nH]2)CCC3)c(OC)cc1Cl. The first-order valence-corrected chi connectivity index (χ1v) is 9.34. The highest BCUT2D eigenvalue weighted by Gasteiger charge is 2.18. The lowest BCUT2D eigenvalue weighted by Crippen LogP contribution is -2.18. The lowest BCUT2D eigenvalue weighted by molar-refractivity contribution is -0.113. The summed E-state index contributed by atoms with van der Waals surface area (Å²) >= 11 is 7.23. The summed E-state index contributed by atoms with van der Waals surface area (Å²) < 4.78 is 10.4. The van der Waals surface area contributed by atoms with Gasteiger partial charge in [0.25, 0.3) is 5.56 Å². The third-order valence-electron chi connectivity index (χ3n) is 4.01. The van der Waals surface area contributed by atoms with E-state index < -0.39 is 0 Å². The zero-order valence-corrected chi connectivity index (χ0v) is 15.9. The van der Waals surface area contributed by atoms with E-state index >= 15 is 0 Å². The molecule has 0 atom stereocenters. The van der Waals surface area contributed by atoms with Gasteiger partial charge >= 0.3 is 0 Å². The Bertz CT molecular complexity index is 900. The van der Waals surface area contributed by atoms with E-state index in [1.807, 2.05) is 0 Å². The van der Waals surface area contributed by atoms with Crippen LogP contribution in [0.3, 0.4) is 0 Å². The quantitative estimate of drug-likeness (QED) is 0.577. The summed E-state index contributed by atoms with van der Waals surface area (Å²) in [4.78, 5) is 31.4. The van der Waals surface area contributed by atoms with E-state index in [4.69, 9.17) is 21.1 Å². The fourth-order valence-electron chi connectivity index (χ4n) is 2.77. The highest BCUT2D eigenvalue weighted by Crippen LogP contribution is 2.36. The van der Waals surface area contributed by atoms with E-state index in [1.165, 1.54) is 26.0 Å². The molecule has 2 N–H and O–H groups in total. The molecule has 1 aromatic carbocycles. The molecule has 0 bridgehead atoms. The molecule has 0 spiro atoms. The fraction of sp³-hybridized carbons (Fsp3) is 0.353. The molecule has 7 nitrogen and oxygen atoms in total. The monoisotopic (exact) mass is 395 g/mol. The Morgan fingerprint density at radius 3 is 2.81 bits per heavy atom. The largest absolute Gasteiger partial charge is 0.495 e. The summed E-state index contributed by atoms with van der Waals surface area (Å²) in [7, 11) is 2.98. The van der Waals surface area contributed by atoms with E-state index in [2.05, 4.69) is 15.3 Å². The predicted molar refractivity (Wildman–Crippen MR) is 101 cm³/mol. The maximum atomic E-state index is 12.3. The third kappa shape index (κ3) is 3.96. The molecule has 1 aromatic heterocycles. The second-order valence-electron chi connectivity index (χ2n) is 5.67. The number of rotatable bonds is 6. The Kier molecular flexibility index (Phi) is 5.73. The molecule has 1 aliphatic rings. The van der Waals surface area contributed by atoms with Crippen LogP contribution in [0.4, 0.5) is 5.69 Å². The number of amides is 1. The molecule has 0 radical (unpaired) electrons. The van der Waals surface area contributed by atoms with E-state index in [9.17, 15) is 9.59 Å². The van der Waals surface area contributed by atoms with Crippen molar-refractivity contribution in [3.05, 3.63) is 38.8 Å². The Hall–Kier alpha value is -2.19. The van der Waals surface area contributed by atoms with Crippen LogP contribution in [-0.2, 0) is 17.6 Å². The molecule has 138 valence electrons. The number of H-pyrrole nitrogens is 1. The number of nitrogens with one attached hydrogen (secondary N) is 2. The van der Waals surface area contributed by atoms with Gasteiger partial charge in [0.2, 0.25) is 5.91 Å². The van der Waals surface area contributed by atoms with Gasteiger partial charge in [0.05, 0.1) is 36.4 Å². The molecule has 3 rings (SSSR count). The molecule has 2 aromatic rings. The van der Waals surface area contributed by atoms with Crippen molar-refractivity contribution in [3.63, 3.8) is 0 Å². The number of ether oxygens (including phenoxy) is 2. The Morgan fingerprint density at radius 2 is 2.08 bits per heavy atom. The van der Waals surface area contributed by atoms with Crippen molar-refractivity contribution in [2.24, 2.45) is 0 Å². The normalized spacial score (nSPS) is 12.6. The summed E-state index contributed by atoms with van der Waals surface area (Å²) in [6, 6.07) is 3.17. The van der Waals surface area contributed by atoms with Gasteiger partial charge in [-0.25, -0.2) is 4.98 Å². The van der Waals surface area contributed by atoms with E-state index in [1.54, 1.807) is 12.1 Å². The second kappa shape index (κ2) is 8.01. The van der Waals surface area contributed by atoms with Gasteiger partial charge in [0, 0.05) is 17.7 Å². The molecule has 1 amide bonds. The van der Waals surface area contributed by atoms with Gasteiger partial charge in [-0.2, -0.15) is 0 Å². The molecule has 0 unspecified atom stereocenters. The fourth-order valence-corrected chi connectivity index (χ4v) is 3.68. The minimum absolute atomic E-state index is 0.0931. The Morgan fingerprint density at radius 1 is 1.31 bits per heavy atom. The van der Waals surface area contributed by atoms with Crippen LogP contribution in [0, 0.1) is 0 Å². The van der Waals surface area contributed by atoms with Crippen molar-refractivity contribution < 1.29 is 14.3 Å². The topological polar surface area (TPSA) is 93.3 Å². The van der Waals surface area contributed by atoms with E-state index in [-0.39, 0.29) is 17.2 Å². The zero-order chi connectivity index (χ0) is 18.7. The van der Waals surface area contributed by atoms with Crippen LogP contribution in [0.1, 0.15) is 17.7 Å². The highest BCUT2D eigenvalue weighted by atomic mass is 35.5. The molecule has 26 heavy (non-hydrogen) atoms. The summed E-state index contributed by atoms with van der Waals surface area (Å²) in [5.74, 6) is 0.689. The smallest absolute Gasteiger partial charge is 0.254 e. The molecule has 1 aliphatic carbocycles. The van der Waals surface area contributed by atoms with Gasteiger partial charge in [-0.05, 0) is 19.3 Å². The molecule has 0 aliphatic heterocycles. The average Bonchev–Trinajstić information content (AvgIpc) is 3.10. The predicted octanol–water partition coefficient (Wildman–Crippen LogP) is 2.66. The van der Waals surface area contributed by atoms with Crippen molar-refractivity contribution in [1.29, 1.82) is 0 Å². The molecule has 0 fully saturated rings. The first-order chi connectivity index (χ1) is 12.5. The maximum absolute atomic E-state index is 12.3. The number of thioether (sulfide) groups is 1. The first kappa shape index (κ1) is 18.6. The Labute approximate surface area is 159 Å². The van der Waals surface area contributed by atoms with Crippen molar-refractivity contribution >= 4 is 35.0 Å². The average molecular weight is 396 g/mol. The number of fused-ring (bicyclic) bond motifs is 1. The van der Waals surface area contributed by atoms with Gasteiger partial charge in [0.1, 0.15) is 11.5 Å². The van der Waals surface area contributed by atoms with E-state index in [0.717, 1.165) is 30.5 Å². The number of aromatic nitrogens is 2. The number of aryl methyl sites for hydroxylation is 1. The first-order valence-electron chi connectivity index (χ1n) is 7.98. The summed E-state index contributed by atoms with van der Waals surface area (Å²) in [6.45, 7) is 0. The highest BCUT2D eigenvalue weighted by molar-refractivity contribution is 7.99. The van der Waals surface area contributed by atoms with Crippen LogP contribution in [0.25, 0.3) is 0 Å². The zero-order valence-electron chi connectivity index (χ0n) is 14.3. The van der Waals surface area contributed by atoms with Gasteiger partial charge in [-0.3, -0.25) is 9.59 Å². The van der Waals surface area contributed by atoms with Gasteiger partial charge in [-0.15, -0.1) is 0 Å². The lowest BCUT2D eigenvalue weighted by atomic mass is 10.2. The van der Waals surface area contributed by atoms with Gasteiger partial charge < -0.3 is 19.8 Å². The number of benzene rings is 1. The van der Waals surface area contributed by atoms with Crippen LogP contribution in [0.2, 0.25) is 5.02 Å². The number of methoxy groups -OCH3 is 2. The summed E-state index contributed by atoms with van der Waals surface area (Å²) in [5, 5.41) is 3.59. The van der Waals surface area contributed by atoms with Crippen LogP contribution < -0.4 is 20.3 Å². The summed E-state index contributed by atoms with van der Waals surface area (Å²) in [5.41, 5.74) is 1.94. The number of aromatic amines is 1. The second-order valence-corrected chi connectivity index (χ2v) is 7.05. The number of halogens is 1. The van der Waals surface area contributed by atoms with Gasteiger partial charge in [0.15, 0.2) is 5.16 Å². The molecule has 9 heteroatoms. The van der Waals surface area contributed by atoms with Crippen molar-refractivity contribution in [1.82, 2.24) is 9.97 Å². The number of carbonyl (C=O) groups is 1. The molecule has 0 saturated carbocycles. The minimum Gasteiger partial charge on any atom is -0.495 e. The number of hydrogen-bond donors (Lipinski definition) is 2. The van der Waals surface area contributed by atoms with Crippen LogP contribution >= 0.6 is 23.4 Å². The standard InChI is InChI=1S/C17H18ClN3O4S/c1-24-13-7-12(14(25-2)6-10(13)18)19-15(22)8-26-17-20-11-5-3-4-9(11)16(23)21-17/h6-7H,3-5,8H2,1-2H3,(H,19,22)(H,20,21,23). The molecular formula is C17H18ClN3O4S. The van der Waals surface area contributed by atoms with Crippen LogP contribution in [0.5, 0.6) is 11.5 Å². The van der Waals surface area contributed by atoms with Crippen molar-refractivity contribution in [3.8, 4) is 11.5 Å². The molecule has 0 saturated heterocycles. The number of hydrogen-bond acceptors (Lipinski definition) is 6. The van der Waals surface area contributed by atoms with E-state index in [0.29, 0.717) is 27.4 Å². The molecular weight excluding hydrogens is 378 g/mol. The summed E-state index contributed by atoms with van der Waals surface area (Å²) in [6.07, 6.45) is 2.51. The van der Waals surface area contributed by atoms with Crippen LogP contribution in [-0.4, -0.2) is 35.8 Å². The van der Waals surface area contributed by atoms with Crippen molar-refractivity contribution in [2.75, 3.05) is 25.3 Å². The van der Waals surface area contributed by atoms with Crippen LogP contribution in [0.15, 0.2) is 22.1 Å². The number of carbonyl (C=O) groups excluding carboxylic acids is 1. The van der Waals surface area contributed by atoms with Crippen molar-refractivity contribution in [2.45, 2.75) is 24.4 Å². The molecule has 1 heterocycles. The number of anilines is 1. The maximum Gasteiger partial charge on any atom is 0.254 e. The number of nitrogens with zero attached hydrogens (tertiary/aromatic N) is 1.